The first kappa shape index (κ1) is 20.1. The highest BCUT2D eigenvalue weighted by Gasteiger charge is 2.50. The number of allylic oxidation sites excluding steroid dienone is 2. The van der Waals surface area contributed by atoms with Crippen molar-refractivity contribution < 1.29 is 14.4 Å². The van der Waals surface area contributed by atoms with Crippen molar-refractivity contribution in [1.29, 1.82) is 0 Å². The van der Waals surface area contributed by atoms with Crippen LogP contribution in [0, 0.1) is 0 Å². The molecule has 1 atom stereocenters. The SMILES string of the molecule is CCN(C(=O)CN1C(=O)N[C@@](C)(c2cccc3ccccc23)C1=O)C1=CCCCC1. The maximum atomic E-state index is 13.4. The Morgan fingerprint density at radius 2 is 1.90 bits per heavy atom. The Balaban J connectivity index is 1.61. The number of amides is 4. The van der Waals surface area contributed by atoms with Gasteiger partial charge >= 0.3 is 6.03 Å². The molecule has 4 amide bonds. The van der Waals surface area contributed by atoms with Gasteiger partial charge in [0.1, 0.15) is 12.1 Å². The van der Waals surface area contributed by atoms with Crippen LogP contribution in [0.1, 0.15) is 45.1 Å². The second kappa shape index (κ2) is 7.94. The molecule has 1 heterocycles. The van der Waals surface area contributed by atoms with E-state index in [2.05, 4.69) is 11.4 Å². The summed E-state index contributed by atoms with van der Waals surface area (Å²) in [5, 5.41) is 4.74. The molecule has 30 heavy (non-hydrogen) atoms. The Labute approximate surface area is 176 Å². The minimum atomic E-state index is -1.21. The van der Waals surface area contributed by atoms with Gasteiger partial charge in [-0.2, -0.15) is 0 Å². The largest absolute Gasteiger partial charge is 0.325 e. The number of rotatable bonds is 5. The molecular weight excluding hydrogens is 378 g/mol. The van der Waals surface area contributed by atoms with E-state index in [1.807, 2.05) is 49.4 Å². The molecule has 0 aromatic heterocycles. The number of hydrogen-bond donors (Lipinski definition) is 1. The molecule has 1 N–H and O–H groups in total. The van der Waals surface area contributed by atoms with Crippen LogP contribution in [0.25, 0.3) is 10.8 Å². The topological polar surface area (TPSA) is 69.7 Å². The van der Waals surface area contributed by atoms with E-state index in [0.717, 1.165) is 52.6 Å². The molecule has 2 aromatic rings. The molecule has 0 unspecified atom stereocenters. The Kier molecular flexibility index (Phi) is 5.33. The van der Waals surface area contributed by atoms with Gasteiger partial charge in [0.2, 0.25) is 5.91 Å². The third-order valence-electron chi connectivity index (χ3n) is 6.13. The highest BCUT2D eigenvalue weighted by Crippen LogP contribution is 2.34. The highest BCUT2D eigenvalue weighted by molar-refractivity contribution is 6.10. The maximum Gasteiger partial charge on any atom is 0.325 e. The summed E-state index contributed by atoms with van der Waals surface area (Å²) >= 11 is 0. The predicted molar refractivity (Wildman–Crippen MR) is 115 cm³/mol. The van der Waals surface area contributed by atoms with Crippen molar-refractivity contribution >= 4 is 28.6 Å². The standard InChI is InChI=1S/C24H27N3O3/c1-3-26(18-12-5-4-6-13-18)21(28)16-27-22(29)24(2,25-23(27)30)20-15-9-11-17-10-7-8-14-19(17)20/h7-12,14-15H,3-6,13,16H2,1-2H3,(H,25,30)/t24-/m0/s1. The van der Waals surface area contributed by atoms with Crippen LogP contribution in [0.5, 0.6) is 0 Å². The predicted octanol–water partition coefficient (Wildman–Crippen LogP) is 3.91. The van der Waals surface area contributed by atoms with Crippen LogP contribution in [-0.2, 0) is 15.1 Å². The summed E-state index contributed by atoms with van der Waals surface area (Å²) in [6.07, 6.45) is 6.09. The Morgan fingerprint density at radius 3 is 2.63 bits per heavy atom. The monoisotopic (exact) mass is 405 g/mol. The zero-order chi connectivity index (χ0) is 21.3. The number of benzene rings is 2. The molecule has 4 rings (SSSR count). The van der Waals surface area contributed by atoms with Crippen LogP contribution in [0.3, 0.4) is 0 Å². The third-order valence-corrected chi connectivity index (χ3v) is 6.13. The summed E-state index contributed by atoms with van der Waals surface area (Å²) in [6.45, 7) is 3.89. The lowest BCUT2D eigenvalue weighted by Gasteiger charge is -2.28. The van der Waals surface area contributed by atoms with Crippen LogP contribution in [0.15, 0.2) is 54.2 Å². The number of carbonyl (C=O) groups is 3. The number of carbonyl (C=O) groups excluding carboxylic acids is 3. The van der Waals surface area contributed by atoms with Crippen LogP contribution >= 0.6 is 0 Å². The molecule has 1 aliphatic heterocycles. The van der Waals surface area contributed by atoms with E-state index in [1.165, 1.54) is 0 Å². The molecule has 0 radical (unpaired) electrons. The van der Waals surface area contributed by atoms with Crippen molar-refractivity contribution in [3.63, 3.8) is 0 Å². The van der Waals surface area contributed by atoms with E-state index in [4.69, 9.17) is 0 Å². The highest BCUT2D eigenvalue weighted by atomic mass is 16.2. The summed E-state index contributed by atoms with van der Waals surface area (Å²) in [7, 11) is 0. The summed E-state index contributed by atoms with van der Waals surface area (Å²) in [5.41, 5.74) is 0.521. The fourth-order valence-corrected chi connectivity index (χ4v) is 4.51. The molecule has 0 bridgehead atoms. The Bertz CT molecular complexity index is 1040. The van der Waals surface area contributed by atoms with Crippen molar-refractivity contribution in [3.05, 3.63) is 59.8 Å². The Morgan fingerprint density at radius 1 is 1.13 bits per heavy atom. The van der Waals surface area contributed by atoms with Crippen molar-refractivity contribution in [2.45, 2.75) is 45.1 Å². The zero-order valence-corrected chi connectivity index (χ0v) is 17.5. The fourth-order valence-electron chi connectivity index (χ4n) is 4.51. The van der Waals surface area contributed by atoms with E-state index in [0.29, 0.717) is 6.54 Å². The van der Waals surface area contributed by atoms with E-state index in [1.54, 1.807) is 11.8 Å². The average Bonchev–Trinajstić information content (AvgIpc) is 2.98. The minimum Gasteiger partial charge on any atom is -0.319 e. The average molecular weight is 405 g/mol. The van der Waals surface area contributed by atoms with Gasteiger partial charge in [0.05, 0.1) is 0 Å². The summed E-state index contributed by atoms with van der Waals surface area (Å²) in [5.74, 6) is -0.623. The molecule has 1 saturated heterocycles. The van der Waals surface area contributed by atoms with Crippen LogP contribution in [-0.4, -0.2) is 40.7 Å². The van der Waals surface area contributed by atoms with E-state index < -0.39 is 17.5 Å². The van der Waals surface area contributed by atoms with Crippen LogP contribution in [0.2, 0.25) is 0 Å². The first-order chi connectivity index (χ1) is 14.5. The fraction of sp³-hybridized carbons (Fsp3) is 0.375. The number of nitrogens with zero attached hydrogens (tertiary/aromatic N) is 2. The number of nitrogens with one attached hydrogen (secondary N) is 1. The summed E-state index contributed by atoms with van der Waals surface area (Å²) in [4.78, 5) is 41.8. The third kappa shape index (κ3) is 3.36. The van der Waals surface area contributed by atoms with Crippen LogP contribution in [0.4, 0.5) is 4.79 Å². The minimum absolute atomic E-state index is 0.226. The van der Waals surface area contributed by atoms with Gasteiger partial charge in [0.15, 0.2) is 0 Å². The molecule has 6 heteroatoms. The summed E-state index contributed by atoms with van der Waals surface area (Å²) < 4.78 is 0. The number of urea groups is 1. The molecule has 6 nitrogen and oxygen atoms in total. The normalized spacial score (nSPS) is 21.5. The lowest BCUT2D eigenvalue weighted by Crippen LogP contribution is -2.44. The van der Waals surface area contributed by atoms with Gasteiger partial charge in [0, 0.05) is 12.2 Å². The second-order valence-electron chi connectivity index (χ2n) is 8.05. The maximum absolute atomic E-state index is 13.4. The molecule has 0 saturated carbocycles. The number of hydrogen-bond acceptors (Lipinski definition) is 3. The number of fused-ring (bicyclic) bond motifs is 1. The molecular formula is C24H27N3O3. The molecule has 1 aliphatic carbocycles. The van der Waals surface area contributed by atoms with Crippen molar-refractivity contribution in [3.8, 4) is 0 Å². The smallest absolute Gasteiger partial charge is 0.319 e. The quantitative estimate of drug-likeness (QED) is 0.767. The molecule has 2 aromatic carbocycles. The first-order valence-electron chi connectivity index (χ1n) is 10.6. The van der Waals surface area contributed by atoms with Gasteiger partial charge in [-0.15, -0.1) is 0 Å². The van der Waals surface area contributed by atoms with Gasteiger partial charge in [0.25, 0.3) is 5.91 Å². The Hall–Kier alpha value is -3.15. The van der Waals surface area contributed by atoms with Crippen LogP contribution < -0.4 is 5.32 Å². The first-order valence-corrected chi connectivity index (χ1v) is 10.6. The lowest BCUT2D eigenvalue weighted by molar-refractivity contribution is -0.137. The van der Waals surface area contributed by atoms with E-state index in [-0.39, 0.29) is 12.5 Å². The molecule has 156 valence electrons. The van der Waals surface area contributed by atoms with E-state index in [9.17, 15) is 14.4 Å². The van der Waals surface area contributed by atoms with Gasteiger partial charge < -0.3 is 10.2 Å². The lowest BCUT2D eigenvalue weighted by atomic mass is 9.88. The van der Waals surface area contributed by atoms with Gasteiger partial charge in [-0.3, -0.25) is 14.5 Å². The number of imide groups is 1. The van der Waals surface area contributed by atoms with Gasteiger partial charge in [-0.1, -0.05) is 48.5 Å². The zero-order valence-electron chi connectivity index (χ0n) is 17.5. The van der Waals surface area contributed by atoms with Crippen molar-refractivity contribution in [2.24, 2.45) is 0 Å². The second-order valence-corrected chi connectivity index (χ2v) is 8.05. The molecule has 0 spiro atoms. The van der Waals surface area contributed by atoms with E-state index >= 15 is 0 Å². The van der Waals surface area contributed by atoms with Crippen molar-refractivity contribution in [2.75, 3.05) is 13.1 Å². The number of likely N-dealkylation sites (N-methyl/N-ethyl adjacent to an activating group) is 1. The van der Waals surface area contributed by atoms with Gasteiger partial charge in [-0.25, -0.2) is 4.79 Å². The van der Waals surface area contributed by atoms with Crippen molar-refractivity contribution in [1.82, 2.24) is 15.1 Å². The molecule has 1 fully saturated rings. The molecule has 2 aliphatic rings. The van der Waals surface area contributed by atoms with Gasteiger partial charge in [-0.05, 0) is 55.9 Å². The summed E-state index contributed by atoms with van der Waals surface area (Å²) in [6, 6.07) is 12.9.